The number of carbonyl (C=O) groups excluding carboxylic acids is 2. The van der Waals surface area contributed by atoms with Gasteiger partial charge in [-0.2, -0.15) is 0 Å². The van der Waals surface area contributed by atoms with Crippen LogP contribution in [0.5, 0.6) is 0 Å². The van der Waals surface area contributed by atoms with Crippen LogP contribution in [0, 0.1) is 0 Å². The summed E-state index contributed by atoms with van der Waals surface area (Å²) < 4.78 is -0.448. The predicted octanol–water partition coefficient (Wildman–Crippen LogP) is 8.15. The van der Waals surface area contributed by atoms with Crippen LogP contribution < -0.4 is 20.4 Å². The number of hydrogen-bond acceptors (Lipinski definition) is 10. The van der Waals surface area contributed by atoms with Crippen molar-refractivity contribution in [3.8, 4) is 11.4 Å². The Hall–Kier alpha value is -3.32. The van der Waals surface area contributed by atoms with Crippen molar-refractivity contribution >= 4 is 85.1 Å². The molecule has 2 aromatic carbocycles. The highest BCUT2D eigenvalue weighted by Gasteiger charge is 2.15. The Morgan fingerprint density at radius 3 is 1.33 bits per heavy atom. The van der Waals surface area contributed by atoms with Gasteiger partial charge in [0.1, 0.15) is 9.41 Å². The van der Waals surface area contributed by atoms with Crippen molar-refractivity contribution in [1.29, 1.82) is 0 Å². The minimum Gasteiger partial charge on any atom is -0.351 e. The van der Waals surface area contributed by atoms with Gasteiger partial charge >= 0.3 is 0 Å². The molecular formula is C34H40N6O2S4. The van der Waals surface area contributed by atoms with Crippen LogP contribution in [-0.2, 0) is 0 Å². The highest BCUT2D eigenvalue weighted by molar-refractivity contribution is 7.99. The third kappa shape index (κ3) is 9.84. The second kappa shape index (κ2) is 17.6. The third-order valence-corrected chi connectivity index (χ3v) is 8.40. The molecule has 46 heavy (non-hydrogen) atoms. The van der Waals surface area contributed by atoms with Crippen molar-refractivity contribution in [2.24, 2.45) is 0 Å². The number of anilines is 4. The summed E-state index contributed by atoms with van der Waals surface area (Å²) in [5.74, 6) is -0.568. The molecule has 4 rings (SSSR count). The van der Waals surface area contributed by atoms with Gasteiger partial charge in [0.25, 0.3) is 11.8 Å². The lowest BCUT2D eigenvalue weighted by Crippen LogP contribution is -2.28. The molecule has 0 radical (unpaired) electrons. The molecule has 242 valence electrons. The molecule has 2 N–H and O–H groups in total. The summed E-state index contributed by atoms with van der Waals surface area (Å²) in [6, 6.07) is 21.8. The molecule has 4 aromatic rings. The van der Waals surface area contributed by atoms with E-state index in [0.717, 1.165) is 50.1 Å². The topological polar surface area (TPSA) is 90.5 Å². The Morgan fingerprint density at radius 1 is 0.630 bits per heavy atom. The Morgan fingerprint density at radius 2 is 1.00 bits per heavy atom. The third-order valence-electron chi connectivity index (χ3n) is 7.28. The standard InChI is InChI=1S/C34H40N6O2S4/c1-3-5-19-39(33(43)44)27-11-7-25(8-12-27)37-31(41)23-15-17-35-29(21-23)30-22-24(16-18-36-30)32(42)38-26-9-13-28(14-10-26)40(34(45)46)20-6-4-2/h7-18,21-22,33-34,43-46H,3-6,19-20H2,1-2H3,(H,37,41)(H,38,42). The Labute approximate surface area is 293 Å². The second-order valence-corrected chi connectivity index (χ2v) is 13.4. The maximum absolute atomic E-state index is 13.1. The van der Waals surface area contributed by atoms with Crippen LogP contribution in [0.1, 0.15) is 60.2 Å². The van der Waals surface area contributed by atoms with Crippen molar-refractivity contribution in [3.63, 3.8) is 0 Å². The monoisotopic (exact) mass is 692 g/mol. The lowest BCUT2D eigenvalue weighted by Gasteiger charge is -2.27. The van der Waals surface area contributed by atoms with Crippen LogP contribution in [0.3, 0.4) is 0 Å². The molecule has 0 unspecified atom stereocenters. The van der Waals surface area contributed by atoms with Crippen molar-refractivity contribution in [3.05, 3.63) is 96.3 Å². The fraction of sp³-hybridized carbons (Fsp3) is 0.294. The summed E-state index contributed by atoms with van der Waals surface area (Å²) in [7, 11) is 0. The first-order valence-corrected chi connectivity index (χ1v) is 17.3. The molecule has 0 aliphatic rings. The maximum Gasteiger partial charge on any atom is 0.255 e. The first kappa shape index (κ1) is 35.5. The largest absolute Gasteiger partial charge is 0.351 e. The van der Waals surface area contributed by atoms with E-state index in [0.29, 0.717) is 33.9 Å². The van der Waals surface area contributed by atoms with Crippen molar-refractivity contribution in [2.45, 2.75) is 48.9 Å². The van der Waals surface area contributed by atoms with Gasteiger partial charge in [0.15, 0.2) is 0 Å². The number of rotatable bonds is 15. The van der Waals surface area contributed by atoms with E-state index in [1.165, 1.54) is 0 Å². The fourth-order valence-corrected chi connectivity index (χ4v) is 5.71. The first-order chi connectivity index (χ1) is 22.2. The minimum absolute atomic E-state index is 0.224. The van der Waals surface area contributed by atoms with Crippen LogP contribution in [0.15, 0.2) is 85.2 Å². The molecule has 2 amide bonds. The highest BCUT2D eigenvalue weighted by Crippen LogP contribution is 2.26. The number of unbranched alkanes of at least 4 members (excludes halogenated alkanes) is 2. The van der Waals surface area contributed by atoms with Crippen LogP contribution in [-0.4, -0.2) is 44.3 Å². The molecule has 0 aliphatic carbocycles. The van der Waals surface area contributed by atoms with Crippen LogP contribution in [0.25, 0.3) is 11.4 Å². The lowest BCUT2D eigenvalue weighted by molar-refractivity contribution is 0.101. The summed E-state index contributed by atoms with van der Waals surface area (Å²) in [5.41, 5.74) is 5.06. The van der Waals surface area contributed by atoms with Crippen LogP contribution in [0.2, 0.25) is 0 Å². The number of nitrogens with zero attached hydrogens (tertiary/aromatic N) is 4. The van der Waals surface area contributed by atoms with E-state index in [2.05, 4.69) is 94.8 Å². The normalized spacial score (nSPS) is 11.0. The van der Waals surface area contributed by atoms with Gasteiger partial charge in [-0.05, 0) is 85.6 Å². The molecule has 0 aliphatic heterocycles. The number of thiol groups is 4. The van der Waals surface area contributed by atoms with Crippen molar-refractivity contribution in [2.75, 3.05) is 33.5 Å². The van der Waals surface area contributed by atoms with Crippen molar-refractivity contribution < 1.29 is 9.59 Å². The van der Waals surface area contributed by atoms with Gasteiger partial charge in [-0.25, -0.2) is 0 Å². The molecule has 0 saturated heterocycles. The number of carbonyl (C=O) groups is 2. The summed E-state index contributed by atoms with van der Waals surface area (Å²) >= 11 is 18.0. The predicted molar refractivity (Wildman–Crippen MR) is 204 cm³/mol. The summed E-state index contributed by atoms with van der Waals surface area (Å²) in [5, 5.41) is 5.88. The molecule has 0 saturated carbocycles. The van der Waals surface area contributed by atoms with Gasteiger partial charge < -0.3 is 20.4 Å². The number of pyridine rings is 2. The molecular weight excluding hydrogens is 653 g/mol. The average Bonchev–Trinajstić information content (AvgIpc) is 3.06. The highest BCUT2D eigenvalue weighted by atomic mass is 32.2. The number of benzene rings is 2. The van der Waals surface area contributed by atoms with Crippen LogP contribution in [0.4, 0.5) is 22.7 Å². The lowest BCUT2D eigenvalue weighted by atomic mass is 10.1. The molecule has 0 atom stereocenters. The summed E-state index contributed by atoms with van der Waals surface area (Å²) in [4.78, 5) is 39.3. The Balaban J connectivity index is 1.42. The SMILES string of the molecule is CCCCN(c1ccc(NC(=O)c2ccnc(-c3cc(C(=O)Nc4ccc(N(CCCC)C(S)S)cc4)ccn3)c2)cc1)C(S)S. The van der Waals surface area contributed by atoms with E-state index in [-0.39, 0.29) is 21.2 Å². The van der Waals surface area contributed by atoms with E-state index in [4.69, 9.17) is 0 Å². The van der Waals surface area contributed by atoms with E-state index >= 15 is 0 Å². The molecule has 0 spiro atoms. The minimum atomic E-state index is -0.284. The first-order valence-electron chi connectivity index (χ1n) is 15.2. The quantitative estimate of drug-likeness (QED) is 0.0557. The van der Waals surface area contributed by atoms with Gasteiger partial charge in [-0.1, -0.05) is 26.7 Å². The molecule has 2 aromatic heterocycles. The van der Waals surface area contributed by atoms with E-state index in [1.54, 1.807) is 36.7 Å². The van der Waals surface area contributed by atoms with Gasteiger partial charge in [-0.3, -0.25) is 19.6 Å². The van der Waals surface area contributed by atoms with Gasteiger partial charge in [0, 0.05) is 59.4 Å². The zero-order valence-electron chi connectivity index (χ0n) is 25.9. The van der Waals surface area contributed by atoms with Gasteiger partial charge in [0.05, 0.1) is 11.4 Å². The molecule has 8 nitrogen and oxygen atoms in total. The van der Waals surface area contributed by atoms with Gasteiger partial charge in [0.2, 0.25) is 0 Å². The van der Waals surface area contributed by atoms with E-state index in [9.17, 15) is 9.59 Å². The second-order valence-electron chi connectivity index (χ2n) is 10.6. The number of amides is 2. The molecule has 2 heterocycles. The smallest absolute Gasteiger partial charge is 0.255 e. The van der Waals surface area contributed by atoms with E-state index in [1.807, 2.05) is 48.5 Å². The zero-order chi connectivity index (χ0) is 33.1. The summed E-state index contributed by atoms with van der Waals surface area (Å²) in [6.07, 6.45) is 7.31. The fourth-order valence-electron chi connectivity index (χ4n) is 4.72. The zero-order valence-corrected chi connectivity index (χ0v) is 29.5. The number of aromatic nitrogens is 2. The molecule has 0 bridgehead atoms. The van der Waals surface area contributed by atoms with Crippen LogP contribution >= 0.6 is 50.5 Å². The molecule has 0 fully saturated rings. The number of hydrogen-bond donors (Lipinski definition) is 6. The van der Waals surface area contributed by atoms with E-state index < -0.39 is 0 Å². The Bertz CT molecular complexity index is 1470. The molecule has 12 heteroatoms. The Kier molecular flexibility index (Phi) is 13.6. The maximum atomic E-state index is 13.1. The number of nitrogens with one attached hydrogen (secondary N) is 2. The average molecular weight is 693 g/mol. The van der Waals surface area contributed by atoms with Crippen molar-refractivity contribution in [1.82, 2.24) is 9.97 Å². The van der Waals surface area contributed by atoms with Gasteiger partial charge in [-0.15, -0.1) is 50.5 Å². The summed E-state index contributed by atoms with van der Waals surface area (Å²) in [6.45, 7) is 5.97.